The maximum atomic E-state index is 3.44. The minimum Gasteiger partial charge on any atom is -0.0654 e. The van der Waals surface area contributed by atoms with Crippen LogP contribution in [-0.4, -0.2) is 0 Å². The van der Waals surface area contributed by atoms with E-state index in [1.165, 1.54) is 56.1 Å². The number of rotatable bonds is 7. The van der Waals surface area contributed by atoms with Crippen LogP contribution >= 0.6 is 0 Å². The zero-order valence-corrected chi connectivity index (χ0v) is 11.1. The summed E-state index contributed by atoms with van der Waals surface area (Å²) < 4.78 is 0. The predicted octanol–water partition coefficient (Wildman–Crippen LogP) is 4.87. The second-order valence-electron chi connectivity index (χ2n) is 4.68. The first-order valence-corrected chi connectivity index (χ1v) is 6.78. The highest BCUT2D eigenvalue weighted by Crippen LogP contribution is 2.18. The summed E-state index contributed by atoms with van der Waals surface area (Å²) in [6.45, 7) is 6.75. The average molecular weight is 217 g/mol. The molecule has 0 saturated heterocycles. The smallest absolute Gasteiger partial charge is 0.0146 e. The lowest BCUT2D eigenvalue weighted by Gasteiger charge is -2.11. The molecule has 0 aliphatic rings. The maximum Gasteiger partial charge on any atom is -0.0146 e. The largest absolute Gasteiger partial charge is 0.0654 e. The van der Waals surface area contributed by atoms with Gasteiger partial charge in [-0.2, -0.15) is 0 Å². The van der Waals surface area contributed by atoms with Crippen molar-refractivity contribution in [3.05, 3.63) is 34.9 Å². The average Bonchev–Trinajstić information content (AvgIpc) is 2.29. The third-order valence-electron chi connectivity index (χ3n) is 3.21. The van der Waals surface area contributed by atoms with E-state index in [0.29, 0.717) is 0 Å². The molecule has 0 aliphatic carbocycles. The highest BCUT2D eigenvalue weighted by molar-refractivity contribution is 5.33. The Balaban J connectivity index is 2.59. The Morgan fingerprint density at radius 2 is 1.81 bits per heavy atom. The van der Waals surface area contributed by atoms with E-state index in [1.54, 1.807) is 5.56 Å². The molecule has 0 atom stereocenters. The van der Waals surface area contributed by atoms with Gasteiger partial charge in [0.1, 0.15) is 0 Å². The first-order chi connectivity index (χ1) is 7.79. The van der Waals surface area contributed by atoms with Gasteiger partial charge in [-0.15, -0.1) is 0 Å². The van der Waals surface area contributed by atoms with Crippen LogP contribution in [0.5, 0.6) is 0 Å². The summed E-state index contributed by atoms with van der Waals surface area (Å²) in [6, 6.07) is 7.72. The Hall–Kier alpha value is -0.780. The van der Waals surface area contributed by atoms with Gasteiger partial charge in [0.25, 0.3) is 0 Å². The molecule has 0 amide bonds. The Morgan fingerprint density at radius 1 is 1.00 bits per heavy atom. The van der Waals surface area contributed by atoms with Gasteiger partial charge in [0, 0.05) is 0 Å². The van der Waals surface area contributed by atoms with Crippen molar-refractivity contribution in [1.82, 2.24) is 0 Å². The lowest BCUT2D eigenvalue weighted by atomic mass is 9.94. The lowest BCUT2D eigenvalue weighted by Crippen LogP contribution is -1.98. The van der Waals surface area contributed by atoms with E-state index in [0.717, 1.165) is 0 Å². The highest BCUT2D eigenvalue weighted by Gasteiger charge is 2.04. The molecule has 0 fully saturated rings. The fourth-order valence-electron chi connectivity index (χ4n) is 2.24. The van der Waals surface area contributed by atoms with Gasteiger partial charge in [-0.25, -0.2) is 0 Å². The van der Waals surface area contributed by atoms with Crippen molar-refractivity contribution in [3.8, 4) is 0 Å². The molecular formula is C16H25. The highest BCUT2D eigenvalue weighted by atomic mass is 14.1. The van der Waals surface area contributed by atoms with Gasteiger partial charge in [0.05, 0.1) is 0 Å². The number of benzene rings is 1. The summed E-state index contributed by atoms with van der Waals surface area (Å²) in [7, 11) is 0. The number of unbranched alkanes of at least 4 members (excludes halogenated alkanes) is 3. The first kappa shape index (κ1) is 13.3. The van der Waals surface area contributed by atoms with Gasteiger partial charge < -0.3 is 0 Å². The Morgan fingerprint density at radius 3 is 2.50 bits per heavy atom. The van der Waals surface area contributed by atoms with Crippen LogP contribution in [-0.2, 0) is 12.8 Å². The molecule has 0 heterocycles. The molecule has 0 saturated carbocycles. The van der Waals surface area contributed by atoms with Crippen molar-refractivity contribution in [1.29, 1.82) is 0 Å². The van der Waals surface area contributed by atoms with E-state index in [4.69, 9.17) is 0 Å². The van der Waals surface area contributed by atoms with Crippen LogP contribution in [0.15, 0.2) is 12.1 Å². The van der Waals surface area contributed by atoms with Crippen LogP contribution in [0.4, 0.5) is 0 Å². The van der Waals surface area contributed by atoms with E-state index >= 15 is 0 Å². The fraction of sp³-hybridized carbons (Fsp3) is 0.625. The molecule has 0 unspecified atom stereocenters. The van der Waals surface area contributed by atoms with Crippen molar-refractivity contribution < 1.29 is 0 Å². The quantitative estimate of drug-likeness (QED) is 0.572. The Labute approximate surface area is 101 Å². The number of hydrogen-bond donors (Lipinski definition) is 0. The van der Waals surface area contributed by atoms with Gasteiger partial charge in [0.2, 0.25) is 0 Å². The number of hydrogen-bond acceptors (Lipinski definition) is 0. The summed E-state index contributed by atoms with van der Waals surface area (Å²) >= 11 is 0. The van der Waals surface area contributed by atoms with E-state index in [2.05, 4.69) is 39.0 Å². The molecule has 1 rings (SSSR count). The minimum atomic E-state index is 1.21. The number of aryl methyl sites for hydroxylation is 2. The van der Waals surface area contributed by atoms with Crippen molar-refractivity contribution in [3.63, 3.8) is 0 Å². The summed E-state index contributed by atoms with van der Waals surface area (Å²) in [5.74, 6) is 0. The van der Waals surface area contributed by atoms with Gasteiger partial charge in [-0.3, -0.25) is 0 Å². The van der Waals surface area contributed by atoms with Crippen molar-refractivity contribution in [2.24, 2.45) is 0 Å². The predicted molar refractivity (Wildman–Crippen MR) is 71.9 cm³/mol. The third kappa shape index (κ3) is 4.00. The van der Waals surface area contributed by atoms with Crippen LogP contribution in [0.2, 0.25) is 0 Å². The summed E-state index contributed by atoms with van der Waals surface area (Å²) in [4.78, 5) is 0. The minimum absolute atomic E-state index is 1.21. The standard InChI is InChI=1S/C16H25/c1-4-6-7-8-12-15-13-9-11-14(3)16(15)10-5-2/h9,11H,4-8,10,12H2,1-3H3. The van der Waals surface area contributed by atoms with Crippen molar-refractivity contribution >= 4 is 0 Å². The molecule has 0 bridgehead atoms. The Kier molecular flexibility index (Phi) is 6.22. The second kappa shape index (κ2) is 7.49. The van der Waals surface area contributed by atoms with Crippen LogP contribution in [0.3, 0.4) is 0 Å². The zero-order chi connectivity index (χ0) is 11.8. The van der Waals surface area contributed by atoms with Gasteiger partial charge >= 0.3 is 0 Å². The molecule has 0 nitrogen and oxygen atoms in total. The zero-order valence-electron chi connectivity index (χ0n) is 11.1. The lowest BCUT2D eigenvalue weighted by molar-refractivity contribution is 0.663. The topological polar surface area (TPSA) is 0 Å². The fourth-order valence-corrected chi connectivity index (χ4v) is 2.24. The SMILES string of the molecule is CCCCCCc1[c]ccc(C)c1CCC. The molecule has 0 spiro atoms. The van der Waals surface area contributed by atoms with E-state index in [-0.39, 0.29) is 0 Å². The second-order valence-corrected chi connectivity index (χ2v) is 4.68. The summed E-state index contributed by atoms with van der Waals surface area (Å²) in [6.07, 6.45) is 9.05. The van der Waals surface area contributed by atoms with E-state index in [1.807, 2.05) is 0 Å². The van der Waals surface area contributed by atoms with Crippen LogP contribution in [0.1, 0.15) is 62.6 Å². The Bertz CT molecular complexity index is 299. The molecule has 0 N–H and O–H groups in total. The summed E-state index contributed by atoms with van der Waals surface area (Å²) in [5, 5.41) is 0. The summed E-state index contributed by atoms with van der Waals surface area (Å²) in [5.41, 5.74) is 4.48. The normalized spacial score (nSPS) is 10.7. The monoisotopic (exact) mass is 217 g/mol. The van der Waals surface area contributed by atoms with E-state index in [9.17, 15) is 0 Å². The first-order valence-electron chi connectivity index (χ1n) is 6.78. The molecule has 1 aromatic rings. The molecule has 0 aromatic heterocycles. The van der Waals surface area contributed by atoms with Crippen LogP contribution in [0.25, 0.3) is 0 Å². The van der Waals surface area contributed by atoms with Crippen LogP contribution < -0.4 is 0 Å². The van der Waals surface area contributed by atoms with Gasteiger partial charge in [0.15, 0.2) is 0 Å². The molecule has 1 aromatic carbocycles. The molecular weight excluding hydrogens is 192 g/mol. The molecule has 16 heavy (non-hydrogen) atoms. The molecule has 0 aliphatic heterocycles. The maximum absolute atomic E-state index is 3.44. The van der Waals surface area contributed by atoms with Crippen molar-refractivity contribution in [2.45, 2.75) is 65.7 Å². The molecule has 89 valence electrons. The van der Waals surface area contributed by atoms with Gasteiger partial charge in [-0.1, -0.05) is 51.7 Å². The third-order valence-corrected chi connectivity index (χ3v) is 3.21. The van der Waals surface area contributed by atoms with Gasteiger partial charge in [-0.05, 0) is 48.9 Å². The van der Waals surface area contributed by atoms with Crippen LogP contribution in [0, 0.1) is 13.0 Å². The van der Waals surface area contributed by atoms with E-state index < -0.39 is 0 Å². The molecule has 1 radical (unpaired) electrons. The molecule has 0 heteroatoms. The van der Waals surface area contributed by atoms with Crippen molar-refractivity contribution in [2.75, 3.05) is 0 Å².